The minimum Gasteiger partial charge on any atom is -0.450 e. The summed E-state index contributed by atoms with van der Waals surface area (Å²) < 4.78 is 6.93. The standard InChI is InChI=1S/C17H24N6O3/c1-4-26-17(25)22-7-5-21(6-8-22)10-15(24)14-9-12(2)23(13(14)3)16-18-11-19-20-16/h9,11H,4-8,10H2,1-3H3,(H,18,19,20)/p+1. The van der Waals surface area contributed by atoms with Crippen LogP contribution in [0.1, 0.15) is 28.7 Å². The van der Waals surface area contributed by atoms with Crippen LogP contribution in [0, 0.1) is 13.8 Å². The summed E-state index contributed by atoms with van der Waals surface area (Å²) in [4.78, 5) is 31.6. The number of Topliss-reactive ketones (excluding diaryl/α,β-unsaturated/α-hetero) is 1. The SMILES string of the molecule is CCOC(=O)N1CC[NH+](CC(=O)c2cc(C)n(-c3ncn[nH]3)c2C)CC1. The van der Waals surface area contributed by atoms with Crippen LogP contribution >= 0.6 is 0 Å². The summed E-state index contributed by atoms with van der Waals surface area (Å²) in [5.41, 5.74) is 2.50. The Morgan fingerprint density at radius 2 is 2.04 bits per heavy atom. The van der Waals surface area contributed by atoms with Crippen molar-refractivity contribution in [3.63, 3.8) is 0 Å². The molecule has 140 valence electrons. The lowest BCUT2D eigenvalue weighted by atomic mass is 10.1. The Balaban J connectivity index is 1.63. The van der Waals surface area contributed by atoms with Crippen molar-refractivity contribution in [1.82, 2.24) is 24.6 Å². The average Bonchev–Trinajstić information content (AvgIpc) is 3.23. The van der Waals surface area contributed by atoms with Gasteiger partial charge in [0.05, 0.1) is 32.8 Å². The quantitative estimate of drug-likeness (QED) is 0.716. The van der Waals surface area contributed by atoms with E-state index in [1.165, 1.54) is 11.2 Å². The number of carbonyl (C=O) groups excluding carboxylic acids is 2. The Morgan fingerprint density at radius 1 is 1.31 bits per heavy atom. The van der Waals surface area contributed by atoms with Gasteiger partial charge in [-0.05, 0) is 26.8 Å². The molecular formula is C17H25N6O3+. The van der Waals surface area contributed by atoms with Crippen LogP contribution in [0.15, 0.2) is 12.4 Å². The van der Waals surface area contributed by atoms with Crippen LogP contribution in [-0.2, 0) is 4.74 Å². The second kappa shape index (κ2) is 7.69. The van der Waals surface area contributed by atoms with Gasteiger partial charge in [-0.2, -0.15) is 10.1 Å². The van der Waals surface area contributed by atoms with Gasteiger partial charge in [-0.25, -0.2) is 9.89 Å². The summed E-state index contributed by atoms with van der Waals surface area (Å²) in [6.45, 7) is 9.15. The minimum absolute atomic E-state index is 0.100. The molecule has 2 aromatic rings. The summed E-state index contributed by atoms with van der Waals surface area (Å²) in [6, 6.07) is 1.90. The molecule has 0 bridgehead atoms. The molecule has 1 aliphatic heterocycles. The van der Waals surface area contributed by atoms with Gasteiger partial charge in [0, 0.05) is 17.0 Å². The Labute approximate surface area is 151 Å². The Kier molecular flexibility index (Phi) is 5.36. The van der Waals surface area contributed by atoms with Crippen molar-refractivity contribution in [2.24, 2.45) is 0 Å². The van der Waals surface area contributed by atoms with Gasteiger partial charge in [-0.15, -0.1) is 0 Å². The number of carbonyl (C=O) groups is 2. The minimum atomic E-state index is -0.270. The van der Waals surface area contributed by atoms with E-state index in [0.29, 0.717) is 37.8 Å². The van der Waals surface area contributed by atoms with E-state index >= 15 is 0 Å². The lowest BCUT2D eigenvalue weighted by Crippen LogP contribution is -3.15. The van der Waals surface area contributed by atoms with E-state index in [4.69, 9.17) is 4.74 Å². The van der Waals surface area contributed by atoms with E-state index in [1.807, 2.05) is 24.5 Å². The van der Waals surface area contributed by atoms with Crippen LogP contribution in [0.4, 0.5) is 4.79 Å². The first-order chi connectivity index (χ1) is 12.5. The lowest BCUT2D eigenvalue weighted by Gasteiger charge is -2.31. The number of quaternary nitrogens is 1. The van der Waals surface area contributed by atoms with Crippen LogP contribution in [0.3, 0.4) is 0 Å². The molecule has 9 nitrogen and oxygen atoms in total. The van der Waals surface area contributed by atoms with Gasteiger partial charge in [0.25, 0.3) is 0 Å². The first-order valence-corrected chi connectivity index (χ1v) is 8.84. The maximum absolute atomic E-state index is 12.8. The number of piperazine rings is 1. The second-order valence-corrected chi connectivity index (χ2v) is 6.47. The highest BCUT2D eigenvalue weighted by Crippen LogP contribution is 2.18. The van der Waals surface area contributed by atoms with Crippen LogP contribution in [0.5, 0.6) is 0 Å². The highest BCUT2D eigenvalue weighted by molar-refractivity contribution is 5.98. The van der Waals surface area contributed by atoms with Crippen LogP contribution in [-0.4, -0.2) is 75.9 Å². The molecule has 3 heterocycles. The van der Waals surface area contributed by atoms with Crippen molar-refractivity contribution in [2.75, 3.05) is 39.3 Å². The number of rotatable bonds is 5. The van der Waals surface area contributed by atoms with Gasteiger partial charge in [-0.1, -0.05) is 0 Å². The molecule has 26 heavy (non-hydrogen) atoms. The summed E-state index contributed by atoms with van der Waals surface area (Å²) in [5.74, 6) is 0.706. The normalized spacial score (nSPS) is 15.3. The highest BCUT2D eigenvalue weighted by atomic mass is 16.6. The van der Waals surface area contributed by atoms with Crippen LogP contribution in [0.25, 0.3) is 5.95 Å². The largest absolute Gasteiger partial charge is 0.450 e. The lowest BCUT2D eigenvalue weighted by molar-refractivity contribution is -0.895. The summed E-state index contributed by atoms with van der Waals surface area (Å²) >= 11 is 0. The van der Waals surface area contributed by atoms with Crippen molar-refractivity contribution in [1.29, 1.82) is 0 Å². The maximum atomic E-state index is 12.8. The molecule has 0 spiro atoms. The first-order valence-electron chi connectivity index (χ1n) is 8.84. The number of aromatic amines is 1. The zero-order chi connectivity index (χ0) is 18.7. The topological polar surface area (TPSA) is 97.6 Å². The molecule has 0 atom stereocenters. The van der Waals surface area contributed by atoms with Gasteiger partial charge >= 0.3 is 6.09 Å². The first kappa shape index (κ1) is 18.1. The number of nitrogens with zero attached hydrogens (tertiary/aromatic N) is 4. The number of hydrogen-bond acceptors (Lipinski definition) is 5. The molecule has 0 aliphatic carbocycles. The predicted molar refractivity (Wildman–Crippen MR) is 93.7 cm³/mol. The number of amides is 1. The molecular weight excluding hydrogens is 336 g/mol. The molecule has 0 unspecified atom stereocenters. The van der Waals surface area contributed by atoms with E-state index in [0.717, 1.165) is 24.5 Å². The van der Waals surface area contributed by atoms with Crippen LogP contribution < -0.4 is 4.90 Å². The predicted octanol–water partition coefficient (Wildman–Crippen LogP) is -0.248. The van der Waals surface area contributed by atoms with Gasteiger partial charge in [0.15, 0.2) is 0 Å². The van der Waals surface area contributed by atoms with Gasteiger partial charge in [0.1, 0.15) is 12.9 Å². The fourth-order valence-electron chi connectivity index (χ4n) is 3.40. The van der Waals surface area contributed by atoms with Crippen molar-refractivity contribution in [3.05, 3.63) is 29.3 Å². The number of nitrogens with one attached hydrogen (secondary N) is 2. The monoisotopic (exact) mass is 361 g/mol. The third kappa shape index (κ3) is 3.62. The van der Waals surface area contributed by atoms with E-state index in [2.05, 4.69) is 15.2 Å². The molecule has 3 rings (SSSR count). The fourth-order valence-corrected chi connectivity index (χ4v) is 3.40. The van der Waals surface area contributed by atoms with Crippen LogP contribution in [0.2, 0.25) is 0 Å². The highest BCUT2D eigenvalue weighted by Gasteiger charge is 2.27. The number of ether oxygens (including phenoxy) is 1. The molecule has 0 aromatic carbocycles. The molecule has 1 saturated heterocycles. The molecule has 1 fully saturated rings. The van der Waals surface area contributed by atoms with E-state index < -0.39 is 0 Å². The van der Waals surface area contributed by atoms with Crippen molar-refractivity contribution < 1.29 is 19.2 Å². The third-order valence-electron chi connectivity index (χ3n) is 4.75. The number of hydrogen-bond donors (Lipinski definition) is 2. The second-order valence-electron chi connectivity index (χ2n) is 6.47. The van der Waals surface area contributed by atoms with E-state index in [9.17, 15) is 9.59 Å². The van der Waals surface area contributed by atoms with Crippen molar-refractivity contribution in [3.8, 4) is 5.95 Å². The number of ketones is 1. The molecule has 1 aliphatic rings. The van der Waals surface area contributed by atoms with Gasteiger partial charge in [0.2, 0.25) is 11.7 Å². The molecule has 9 heteroatoms. The molecule has 2 N–H and O–H groups in total. The Bertz CT molecular complexity index is 775. The Morgan fingerprint density at radius 3 is 2.65 bits per heavy atom. The summed E-state index contributed by atoms with van der Waals surface area (Å²) in [6.07, 6.45) is 1.18. The zero-order valence-electron chi connectivity index (χ0n) is 15.4. The Hall–Kier alpha value is -2.68. The average molecular weight is 361 g/mol. The zero-order valence-corrected chi connectivity index (χ0v) is 15.4. The molecule has 0 saturated carbocycles. The van der Waals surface area contributed by atoms with Crippen molar-refractivity contribution in [2.45, 2.75) is 20.8 Å². The van der Waals surface area contributed by atoms with Gasteiger partial charge < -0.3 is 9.64 Å². The number of aryl methyl sites for hydroxylation is 1. The number of aromatic nitrogens is 4. The summed E-state index contributed by atoms with van der Waals surface area (Å²) in [5, 5.41) is 6.71. The molecule has 2 aromatic heterocycles. The molecule has 0 radical (unpaired) electrons. The van der Waals surface area contributed by atoms with Crippen molar-refractivity contribution >= 4 is 11.9 Å². The summed E-state index contributed by atoms with van der Waals surface area (Å²) in [7, 11) is 0. The van der Waals surface area contributed by atoms with E-state index in [1.54, 1.807) is 11.8 Å². The molecule has 1 amide bonds. The van der Waals surface area contributed by atoms with Gasteiger partial charge in [-0.3, -0.25) is 14.3 Å². The number of H-pyrrole nitrogens is 1. The fraction of sp³-hybridized carbons (Fsp3) is 0.529. The third-order valence-corrected chi connectivity index (χ3v) is 4.75. The van der Waals surface area contributed by atoms with E-state index in [-0.39, 0.29) is 11.9 Å². The maximum Gasteiger partial charge on any atom is 0.410 e. The smallest absolute Gasteiger partial charge is 0.410 e.